The zero-order valence-electron chi connectivity index (χ0n) is 14.8. The van der Waals surface area contributed by atoms with E-state index in [2.05, 4.69) is 40.0 Å². The van der Waals surface area contributed by atoms with Gasteiger partial charge in [-0.3, -0.25) is 4.79 Å². The minimum atomic E-state index is -0.164. The highest BCUT2D eigenvalue weighted by Crippen LogP contribution is 2.26. The highest BCUT2D eigenvalue weighted by atomic mass is 79.9. The number of nitrogens with zero attached hydrogens (tertiary/aromatic N) is 1. The van der Waals surface area contributed by atoms with E-state index in [-0.39, 0.29) is 5.91 Å². The lowest BCUT2D eigenvalue weighted by molar-refractivity contribution is -0.111. The van der Waals surface area contributed by atoms with Gasteiger partial charge in [0.1, 0.15) is 5.75 Å². The van der Waals surface area contributed by atoms with Crippen LogP contribution in [0, 0.1) is 0 Å². The van der Waals surface area contributed by atoms with Crippen LogP contribution in [-0.2, 0) is 4.79 Å². The Labute approximate surface area is 157 Å². The molecule has 4 nitrogen and oxygen atoms in total. The number of halogens is 1. The molecule has 0 spiro atoms. The van der Waals surface area contributed by atoms with Crippen molar-refractivity contribution in [1.82, 2.24) is 0 Å². The Morgan fingerprint density at radius 2 is 1.84 bits per heavy atom. The molecule has 2 aromatic carbocycles. The van der Waals surface area contributed by atoms with Gasteiger partial charge in [0.05, 0.1) is 11.6 Å². The first-order valence-corrected chi connectivity index (χ1v) is 9.04. The third kappa shape index (κ3) is 5.36. The Hall–Kier alpha value is -2.27. The van der Waals surface area contributed by atoms with E-state index in [0.717, 1.165) is 40.2 Å². The summed E-state index contributed by atoms with van der Waals surface area (Å²) in [6.45, 7) is 6.17. The van der Waals surface area contributed by atoms with E-state index in [0.29, 0.717) is 0 Å². The third-order valence-corrected chi connectivity index (χ3v) is 4.49. The van der Waals surface area contributed by atoms with Crippen molar-refractivity contribution in [3.63, 3.8) is 0 Å². The zero-order valence-corrected chi connectivity index (χ0v) is 16.3. The average molecular weight is 403 g/mol. The van der Waals surface area contributed by atoms with E-state index in [1.54, 1.807) is 13.2 Å². The molecule has 1 N–H and O–H groups in total. The molecule has 1 amide bonds. The number of amides is 1. The molecule has 0 atom stereocenters. The van der Waals surface area contributed by atoms with Crippen molar-refractivity contribution in [2.45, 2.75) is 13.8 Å². The van der Waals surface area contributed by atoms with Gasteiger partial charge >= 0.3 is 0 Å². The molecule has 0 aliphatic carbocycles. The summed E-state index contributed by atoms with van der Waals surface area (Å²) in [5, 5.41) is 2.87. The molecule has 0 aliphatic rings. The predicted octanol–water partition coefficient (Wildman–Crippen LogP) is 4.96. The second-order valence-electron chi connectivity index (χ2n) is 5.44. The standard InChI is InChI=1S/C20H23BrN2O2/c1-4-23(5-2)17-10-8-16(9-11-17)22-20(24)13-7-15-6-12-19(25-3)18(21)14-15/h6-14H,4-5H2,1-3H3,(H,22,24)/b13-7+. The van der Waals surface area contributed by atoms with Gasteiger partial charge in [0.15, 0.2) is 0 Å². The molecule has 0 saturated heterocycles. The maximum atomic E-state index is 12.1. The lowest BCUT2D eigenvalue weighted by Gasteiger charge is -2.21. The maximum Gasteiger partial charge on any atom is 0.248 e. The van der Waals surface area contributed by atoms with Crippen LogP contribution in [0.4, 0.5) is 11.4 Å². The number of rotatable bonds is 7. The molecule has 0 radical (unpaired) electrons. The normalized spacial score (nSPS) is 10.7. The SMILES string of the molecule is CCN(CC)c1ccc(NC(=O)/C=C/c2ccc(OC)c(Br)c2)cc1. The van der Waals surface area contributed by atoms with Gasteiger partial charge in [-0.2, -0.15) is 0 Å². The van der Waals surface area contributed by atoms with Crippen molar-refractivity contribution >= 4 is 39.3 Å². The van der Waals surface area contributed by atoms with Crippen molar-refractivity contribution in [1.29, 1.82) is 0 Å². The number of benzene rings is 2. The van der Waals surface area contributed by atoms with Crippen LogP contribution in [0.2, 0.25) is 0 Å². The van der Waals surface area contributed by atoms with Crippen molar-refractivity contribution in [2.75, 3.05) is 30.4 Å². The Balaban J connectivity index is 1.99. The van der Waals surface area contributed by atoms with E-state index < -0.39 is 0 Å². The van der Waals surface area contributed by atoms with E-state index in [9.17, 15) is 4.79 Å². The highest BCUT2D eigenvalue weighted by Gasteiger charge is 2.03. The molecule has 0 bridgehead atoms. The summed E-state index contributed by atoms with van der Waals surface area (Å²) in [7, 11) is 1.62. The van der Waals surface area contributed by atoms with Gasteiger partial charge in [0.25, 0.3) is 0 Å². The van der Waals surface area contributed by atoms with Crippen LogP contribution in [-0.4, -0.2) is 26.1 Å². The number of nitrogens with one attached hydrogen (secondary N) is 1. The van der Waals surface area contributed by atoms with Gasteiger partial charge in [-0.15, -0.1) is 0 Å². The summed E-state index contributed by atoms with van der Waals surface area (Å²) in [5.41, 5.74) is 2.85. The number of hydrogen-bond acceptors (Lipinski definition) is 3. The Kier molecular flexibility index (Phi) is 7.07. The molecule has 2 rings (SSSR count). The van der Waals surface area contributed by atoms with Crippen molar-refractivity contribution in [2.24, 2.45) is 0 Å². The number of carbonyl (C=O) groups excluding carboxylic acids is 1. The van der Waals surface area contributed by atoms with E-state index in [1.807, 2.05) is 42.5 Å². The Bertz CT molecular complexity index is 738. The first-order valence-electron chi connectivity index (χ1n) is 8.25. The molecule has 5 heteroatoms. The van der Waals surface area contributed by atoms with E-state index >= 15 is 0 Å². The fraction of sp³-hybridized carbons (Fsp3) is 0.250. The van der Waals surface area contributed by atoms with Crippen LogP contribution >= 0.6 is 15.9 Å². The Morgan fingerprint density at radius 1 is 1.16 bits per heavy atom. The number of methoxy groups -OCH3 is 1. The monoisotopic (exact) mass is 402 g/mol. The molecular weight excluding hydrogens is 380 g/mol. The molecule has 0 unspecified atom stereocenters. The smallest absolute Gasteiger partial charge is 0.248 e. The van der Waals surface area contributed by atoms with Crippen LogP contribution in [0.3, 0.4) is 0 Å². The van der Waals surface area contributed by atoms with Gasteiger partial charge in [0.2, 0.25) is 5.91 Å². The quantitative estimate of drug-likeness (QED) is 0.665. The topological polar surface area (TPSA) is 41.6 Å². The van der Waals surface area contributed by atoms with E-state index in [1.165, 1.54) is 6.08 Å². The molecule has 0 fully saturated rings. The molecule has 25 heavy (non-hydrogen) atoms. The summed E-state index contributed by atoms with van der Waals surface area (Å²) in [5.74, 6) is 0.595. The summed E-state index contributed by atoms with van der Waals surface area (Å²) < 4.78 is 6.04. The van der Waals surface area contributed by atoms with Crippen LogP contribution < -0.4 is 15.0 Å². The van der Waals surface area contributed by atoms with Crippen LogP contribution in [0.15, 0.2) is 53.0 Å². The fourth-order valence-electron chi connectivity index (χ4n) is 2.49. The van der Waals surface area contributed by atoms with Crippen molar-refractivity contribution in [3.05, 3.63) is 58.6 Å². The third-order valence-electron chi connectivity index (χ3n) is 3.87. The first kappa shape index (κ1) is 19.1. The van der Waals surface area contributed by atoms with Crippen LogP contribution in [0.25, 0.3) is 6.08 Å². The molecule has 0 saturated carbocycles. The molecule has 0 aliphatic heterocycles. The largest absolute Gasteiger partial charge is 0.496 e. The lowest BCUT2D eigenvalue weighted by atomic mass is 10.2. The molecular formula is C20H23BrN2O2. The molecule has 0 heterocycles. The van der Waals surface area contributed by atoms with E-state index in [4.69, 9.17) is 4.74 Å². The summed E-state index contributed by atoms with van der Waals surface area (Å²) in [4.78, 5) is 14.3. The second-order valence-corrected chi connectivity index (χ2v) is 6.29. The highest BCUT2D eigenvalue weighted by molar-refractivity contribution is 9.10. The van der Waals surface area contributed by atoms with Crippen molar-refractivity contribution < 1.29 is 9.53 Å². The first-order chi connectivity index (χ1) is 12.1. The lowest BCUT2D eigenvalue weighted by Crippen LogP contribution is -2.21. The van der Waals surface area contributed by atoms with Crippen LogP contribution in [0.5, 0.6) is 5.75 Å². The second kappa shape index (κ2) is 9.28. The van der Waals surface area contributed by atoms with Gasteiger partial charge < -0.3 is 15.0 Å². The summed E-state index contributed by atoms with van der Waals surface area (Å²) >= 11 is 3.43. The minimum Gasteiger partial charge on any atom is -0.496 e. The van der Waals surface area contributed by atoms with Gasteiger partial charge in [0, 0.05) is 30.5 Å². The van der Waals surface area contributed by atoms with Gasteiger partial charge in [-0.25, -0.2) is 0 Å². The van der Waals surface area contributed by atoms with Crippen LogP contribution in [0.1, 0.15) is 19.4 Å². The number of hydrogen-bond donors (Lipinski definition) is 1. The Morgan fingerprint density at radius 3 is 2.40 bits per heavy atom. The zero-order chi connectivity index (χ0) is 18.2. The molecule has 0 aromatic heterocycles. The maximum absolute atomic E-state index is 12.1. The number of ether oxygens (including phenoxy) is 1. The van der Waals surface area contributed by atoms with Gasteiger partial charge in [-0.05, 0) is 77.8 Å². The minimum absolute atomic E-state index is 0.164. The fourth-order valence-corrected chi connectivity index (χ4v) is 3.04. The summed E-state index contributed by atoms with van der Waals surface area (Å²) in [6.07, 6.45) is 3.29. The molecule has 132 valence electrons. The number of carbonyl (C=O) groups is 1. The van der Waals surface area contributed by atoms with Gasteiger partial charge in [-0.1, -0.05) is 6.07 Å². The number of anilines is 2. The molecule has 2 aromatic rings. The summed E-state index contributed by atoms with van der Waals surface area (Å²) in [6, 6.07) is 13.5. The van der Waals surface area contributed by atoms with Crippen molar-refractivity contribution in [3.8, 4) is 5.75 Å². The predicted molar refractivity (Wildman–Crippen MR) is 108 cm³/mol. The average Bonchev–Trinajstić information content (AvgIpc) is 2.62.